The Bertz CT molecular complexity index is 2780. The zero-order valence-electron chi connectivity index (χ0n) is 30.7. The first-order valence-corrected chi connectivity index (χ1v) is 18.5. The third-order valence-electron chi connectivity index (χ3n) is 10.9. The fourth-order valence-electron chi connectivity index (χ4n) is 7.87. The monoisotopic (exact) mass is 806 g/mol. The van der Waals surface area contributed by atoms with Gasteiger partial charge in [0.05, 0.1) is 0 Å². The molecule has 10 atom stereocenters. The largest absolute Gasteiger partial charge is 0.507 e. The molecule has 2 aliphatic heterocycles. The van der Waals surface area contributed by atoms with Crippen molar-refractivity contribution in [1.82, 2.24) is 0 Å². The van der Waals surface area contributed by atoms with E-state index in [4.69, 9.17) is 35.0 Å². The highest BCUT2D eigenvalue weighted by Gasteiger charge is 2.48. The summed E-state index contributed by atoms with van der Waals surface area (Å²) in [4.78, 5) is 21.7. The number of hydrogen-bond acceptors (Lipinski definition) is 13. The molecule has 0 radical (unpaired) electrons. The van der Waals surface area contributed by atoms with Crippen LogP contribution in [-0.4, -0.2) is 124 Å². The van der Waals surface area contributed by atoms with Crippen molar-refractivity contribution in [2.75, 3.05) is 0 Å². The fraction of sp³-hybridized carbons (Fsp3) is 0.227. The van der Waals surface area contributed by atoms with Gasteiger partial charge >= 0.3 is 11.9 Å². The van der Waals surface area contributed by atoms with E-state index in [2.05, 4.69) is 41.1 Å². The maximum absolute atomic E-state index is 11.3. The maximum atomic E-state index is 11.3. The van der Waals surface area contributed by atoms with Gasteiger partial charge in [0.1, 0.15) is 48.1 Å². The summed E-state index contributed by atoms with van der Waals surface area (Å²) < 4.78 is 15.4. The predicted molar refractivity (Wildman–Crippen MR) is 213 cm³/mol. The van der Waals surface area contributed by atoms with E-state index in [-0.39, 0.29) is 0 Å². The highest BCUT2D eigenvalue weighted by atomic mass is 16.7. The number of carbonyl (C=O) groups is 2. The molecule has 10 N–H and O–H groups in total. The van der Waals surface area contributed by atoms with Crippen LogP contribution in [0, 0.1) is 0 Å². The molecule has 0 saturated carbocycles. The van der Waals surface area contributed by atoms with E-state index in [1.165, 1.54) is 26.9 Å². The van der Waals surface area contributed by atoms with Gasteiger partial charge in [-0.3, -0.25) is 0 Å². The van der Waals surface area contributed by atoms with Gasteiger partial charge in [-0.25, -0.2) is 9.59 Å². The number of carboxylic acid groups (broad SMARTS) is 2. The van der Waals surface area contributed by atoms with Gasteiger partial charge < -0.3 is 65.3 Å². The minimum absolute atomic E-state index is 0.357. The number of benzene rings is 8. The first-order valence-electron chi connectivity index (χ1n) is 18.5. The minimum Gasteiger partial charge on any atom is -0.507 e. The van der Waals surface area contributed by atoms with Crippen molar-refractivity contribution in [2.45, 2.75) is 61.4 Å². The lowest BCUT2D eigenvalue weighted by atomic mass is 9.94. The van der Waals surface area contributed by atoms with Gasteiger partial charge in [-0.05, 0) is 61.3 Å². The Labute approximate surface area is 333 Å². The van der Waals surface area contributed by atoms with E-state index >= 15 is 0 Å². The van der Waals surface area contributed by atoms with E-state index in [9.17, 15) is 35.1 Å². The first kappa shape index (κ1) is 39.8. The Morgan fingerprint density at radius 3 is 1.37 bits per heavy atom. The molecule has 0 spiro atoms. The van der Waals surface area contributed by atoms with Crippen molar-refractivity contribution in [3.8, 4) is 11.5 Å². The second-order valence-corrected chi connectivity index (χ2v) is 14.5. The number of rotatable bonds is 4. The summed E-state index contributed by atoms with van der Waals surface area (Å²) in [6.07, 6.45) is -17.0. The van der Waals surface area contributed by atoms with Gasteiger partial charge in [-0.1, -0.05) is 91.0 Å². The molecule has 0 amide bonds. The Balaban J connectivity index is 0.000000136. The van der Waals surface area contributed by atoms with Gasteiger partial charge in [0.2, 0.25) is 6.29 Å². The maximum Gasteiger partial charge on any atom is 0.335 e. The van der Waals surface area contributed by atoms with Crippen LogP contribution in [0.1, 0.15) is 0 Å². The molecule has 0 aromatic heterocycles. The fourth-order valence-corrected chi connectivity index (χ4v) is 7.87. The molecular formula is C44H38O15. The third kappa shape index (κ3) is 7.03. The second-order valence-electron chi connectivity index (χ2n) is 14.5. The van der Waals surface area contributed by atoms with Crippen LogP contribution in [0.3, 0.4) is 0 Å². The number of aliphatic carboxylic acids is 2. The predicted octanol–water partition coefficient (Wildman–Crippen LogP) is 3.02. The topological polar surface area (TPSA) is 264 Å². The van der Waals surface area contributed by atoms with Crippen LogP contribution in [0.25, 0.3) is 64.6 Å². The Kier molecular flexibility index (Phi) is 10.6. The second kappa shape index (κ2) is 15.6. The Hall–Kier alpha value is -5.98. The molecule has 0 aliphatic carbocycles. The van der Waals surface area contributed by atoms with Crippen molar-refractivity contribution in [3.05, 3.63) is 109 Å². The van der Waals surface area contributed by atoms with Gasteiger partial charge in [0.15, 0.2) is 18.5 Å². The molecule has 2 aliphatic rings. The summed E-state index contributed by atoms with van der Waals surface area (Å²) in [6, 6.07) is 35.9. The average Bonchev–Trinajstić information content (AvgIpc) is 3.24. The molecule has 8 aromatic rings. The van der Waals surface area contributed by atoms with Crippen LogP contribution in [0.2, 0.25) is 0 Å². The number of carboxylic acids is 2. The summed E-state index contributed by atoms with van der Waals surface area (Å²) in [5.74, 6) is -2.23. The van der Waals surface area contributed by atoms with E-state index in [0.29, 0.717) is 11.5 Å². The molecule has 10 rings (SSSR count). The summed E-state index contributed by atoms with van der Waals surface area (Å²) in [6.45, 7) is 0. The summed E-state index contributed by atoms with van der Waals surface area (Å²) in [5.41, 5.74) is 0. The normalized spacial score (nSPS) is 27.1. The molecule has 15 nitrogen and oxygen atoms in total. The van der Waals surface area contributed by atoms with Crippen LogP contribution < -0.4 is 4.74 Å². The zero-order valence-corrected chi connectivity index (χ0v) is 30.7. The SMILES string of the molecule is O=C(O)[C@H]1O[C@@H](O)[C@H](O)[C@@H](O)[C@@H]1O.O=C(O)[C@H]1O[C@@H](Oc2ccc3ccc4cccc5ccc2c3c45)[C@H](O)[C@@H](O)[C@@H]1O.Oc1ccc2ccc3cccc4ccc1c2c34. The van der Waals surface area contributed by atoms with Crippen LogP contribution in [-0.2, 0) is 19.1 Å². The van der Waals surface area contributed by atoms with Crippen LogP contribution >= 0.6 is 0 Å². The first-order chi connectivity index (χ1) is 28.2. The standard InChI is InChI=1S/C22H18O7.C16H10O.C6H10O7/c23-17-18(24)20(21(26)27)29-22(19(17)25)28-14-9-7-12-5-4-10-2-1-3-11-6-8-13(14)16(12)15(10)11;17-14-9-7-12-5-4-10-2-1-3-11-6-8-13(14)16(12)15(10)11;7-1-2(8)4(5(10)11)13-6(12)3(1)9/h1-9,17-20,22-25H,(H,26,27);1-9,17H;1-4,6-9,12H,(H,10,11)/t17-,18-,19+,20-,22+;;1-,2-,3+,4-,6+/m0.0/s1. The van der Waals surface area contributed by atoms with Gasteiger partial charge in [-0.2, -0.15) is 0 Å². The van der Waals surface area contributed by atoms with E-state index in [0.717, 1.165) is 37.7 Å². The molecule has 15 heteroatoms. The summed E-state index contributed by atoms with van der Waals surface area (Å²) in [5, 5.41) is 107. The van der Waals surface area contributed by atoms with Gasteiger partial charge in [0, 0.05) is 21.5 Å². The number of phenolic OH excluding ortho intramolecular Hbond substituents is 1. The molecule has 0 bridgehead atoms. The molecule has 8 aromatic carbocycles. The van der Waals surface area contributed by atoms with E-state index < -0.39 is 73.4 Å². The molecular weight excluding hydrogens is 768 g/mol. The lowest BCUT2D eigenvalue weighted by molar-refractivity contribution is -0.279. The van der Waals surface area contributed by atoms with Gasteiger partial charge in [0.25, 0.3) is 0 Å². The van der Waals surface area contributed by atoms with Crippen molar-refractivity contribution >= 4 is 76.6 Å². The van der Waals surface area contributed by atoms with Crippen LogP contribution in [0.5, 0.6) is 11.5 Å². The van der Waals surface area contributed by atoms with Crippen molar-refractivity contribution in [3.63, 3.8) is 0 Å². The molecule has 59 heavy (non-hydrogen) atoms. The molecule has 2 heterocycles. The highest BCUT2D eigenvalue weighted by Crippen LogP contribution is 2.40. The molecule has 0 unspecified atom stereocenters. The number of aromatic hydroxyl groups is 1. The van der Waals surface area contributed by atoms with Crippen molar-refractivity contribution in [1.29, 1.82) is 0 Å². The zero-order chi connectivity index (χ0) is 41.9. The molecule has 2 saturated heterocycles. The summed E-state index contributed by atoms with van der Waals surface area (Å²) >= 11 is 0. The lowest BCUT2D eigenvalue weighted by Crippen LogP contribution is -2.61. The highest BCUT2D eigenvalue weighted by molar-refractivity contribution is 6.25. The van der Waals surface area contributed by atoms with E-state index in [1.54, 1.807) is 12.1 Å². The smallest absolute Gasteiger partial charge is 0.335 e. The lowest BCUT2D eigenvalue weighted by Gasteiger charge is -2.38. The molecule has 304 valence electrons. The number of ether oxygens (including phenoxy) is 3. The van der Waals surface area contributed by atoms with Crippen LogP contribution in [0.15, 0.2) is 109 Å². The third-order valence-corrected chi connectivity index (χ3v) is 10.9. The summed E-state index contributed by atoms with van der Waals surface area (Å²) in [7, 11) is 0. The molecule has 2 fully saturated rings. The van der Waals surface area contributed by atoms with Crippen molar-refractivity contribution in [2.24, 2.45) is 0 Å². The number of aliphatic hydroxyl groups is 7. The average molecular weight is 807 g/mol. The van der Waals surface area contributed by atoms with E-state index in [1.807, 2.05) is 60.7 Å². The van der Waals surface area contributed by atoms with Crippen LogP contribution in [0.4, 0.5) is 0 Å². The quantitative estimate of drug-likeness (QED) is 0.115. The van der Waals surface area contributed by atoms with Crippen molar-refractivity contribution < 1.29 is 74.9 Å². The number of phenols is 1. The minimum atomic E-state index is -1.81. The Morgan fingerprint density at radius 1 is 0.441 bits per heavy atom. The van der Waals surface area contributed by atoms with Gasteiger partial charge in [-0.15, -0.1) is 0 Å². The Morgan fingerprint density at radius 2 is 0.847 bits per heavy atom. The number of hydrogen-bond donors (Lipinski definition) is 10. The number of aliphatic hydroxyl groups excluding tert-OH is 7.